The molecule has 2 aromatic rings. The average molecular weight is 266 g/mol. The molecule has 0 unspecified atom stereocenters. The minimum absolute atomic E-state index is 0.0927. The van der Waals surface area contributed by atoms with Crippen molar-refractivity contribution in [3.63, 3.8) is 0 Å². The molecular weight excluding hydrogens is 252 g/mol. The van der Waals surface area contributed by atoms with Gasteiger partial charge in [0.15, 0.2) is 0 Å². The first-order chi connectivity index (χ1) is 9.17. The normalized spacial score (nSPS) is 13.9. The Morgan fingerprint density at radius 1 is 1.37 bits per heavy atom. The summed E-state index contributed by atoms with van der Waals surface area (Å²) >= 11 is 0. The average Bonchev–Trinajstić information content (AvgIpc) is 2.84. The van der Waals surface area contributed by atoms with E-state index >= 15 is 0 Å². The topological polar surface area (TPSA) is 135 Å². The maximum absolute atomic E-state index is 9.50. The number of fused-ring (bicyclic) bond motifs is 1. The Morgan fingerprint density at radius 3 is 2.84 bits per heavy atom. The van der Waals surface area contributed by atoms with Crippen LogP contribution in [0.5, 0.6) is 5.88 Å². The number of aromatic amines is 1. The summed E-state index contributed by atoms with van der Waals surface area (Å²) in [5.74, 6) is -0.155. The molecule has 0 fully saturated rings. The van der Waals surface area contributed by atoms with Crippen molar-refractivity contribution in [3.05, 3.63) is 18.1 Å². The van der Waals surface area contributed by atoms with Crippen LogP contribution in [0.3, 0.4) is 0 Å². The van der Waals surface area contributed by atoms with E-state index in [4.69, 9.17) is 10.2 Å². The van der Waals surface area contributed by atoms with Crippen LogP contribution >= 0.6 is 0 Å². The molecule has 0 spiro atoms. The fourth-order valence-electron chi connectivity index (χ4n) is 1.65. The molecule has 5 N–H and O–H groups in total. The highest BCUT2D eigenvalue weighted by atomic mass is 16.3. The molecular formula is C11H14N4O4. The van der Waals surface area contributed by atoms with Crippen LogP contribution < -0.4 is 0 Å². The molecule has 0 aromatic carbocycles. The van der Waals surface area contributed by atoms with Gasteiger partial charge in [-0.25, -0.2) is 9.97 Å². The third-order valence-corrected chi connectivity index (χ3v) is 2.69. The first-order valence-corrected chi connectivity index (χ1v) is 5.60. The molecule has 0 radical (unpaired) electrons. The van der Waals surface area contributed by atoms with Crippen molar-refractivity contribution in [1.29, 1.82) is 0 Å². The van der Waals surface area contributed by atoms with Crippen LogP contribution in [-0.4, -0.2) is 60.4 Å². The van der Waals surface area contributed by atoms with Gasteiger partial charge in [0.05, 0.1) is 25.5 Å². The van der Waals surface area contributed by atoms with E-state index in [0.29, 0.717) is 16.6 Å². The van der Waals surface area contributed by atoms with Crippen molar-refractivity contribution >= 4 is 16.7 Å². The van der Waals surface area contributed by atoms with Gasteiger partial charge in [0, 0.05) is 11.8 Å². The van der Waals surface area contributed by atoms with Crippen molar-refractivity contribution in [2.24, 2.45) is 4.99 Å². The van der Waals surface area contributed by atoms with Gasteiger partial charge >= 0.3 is 0 Å². The molecule has 2 aromatic heterocycles. The summed E-state index contributed by atoms with van der Waals surface area (Å²) in [6.07, 6.45) is 1.66. The maximum Gasteiger partial charge on any atom is 0.239 e. The van der Waals surface area contributed by atoms with E-state index in [0.717, 1.165) is 0 Å². The van der Waals surface area contributed by atoms with Gasteiger partial charge in [-0.1, -0.05) is 0 Å². The molecule has 0 aliphatic heterocycles. The van der Waals surface area contributed by atoms with E-state index in [2.05, 4.69) is 19.9 Å². The first kappa shape index (κ1) is 13.4. The van der Waals surface area contributed by atoms with Gasteiger partial charge in [0.25, 0.3) is 0 Å². The number of hydrogen-bond donors (Lipinski definition) is 5. The lowest BCUT2D eigenvalue weighted by Gasteiger charge is -2.08. The molecule has 0 saturated heterocycles. The summed E-state index contributed by atoms with van der Waals surface area (Å²) in [4.78, 5) is 14.5. The largest absolute Gasteiger partial charge is 0.492 e. The van der Waals surface area contributed by atoms with Crippen LogP contribution in [-0.2, 0) is 6.54 Å². The van der Waals surface area contributed by atoms with E-state index in [9.17, 15) is 10.2 Å². The summed E-state index contributed by atoms with van der Waals surface area (Å²) in [7, 11) is 0. The van der Waals surface area contributed by atoms with E-state index in [-0.39, 0.29) is 18.1 Å². The Labute approximate surface area is 108 Å². The SMILES string of the molecule is OC/C(=N\Cc1c[nH]c2c(O)ncnc12)[C@H](O)CO. The Balaban J connectivity index is 2.27. The molecule has 0 aliphatic rings. The summed E-state index contributed by atoms with van der Waals surface area (Å²) in [5.41, 5.74) is 1.70. The van der Waals surface area contributed by atoms with Crippen LogP contribution in [0.15, 0.2) is 17.5 Å². The number of rotatable bonds is 5. The van der Waals surface area contributed by atoms with Crippen molar-refractivity contribution in [2.45, 2.75) is 12.6 Å². The zero-order valence-corrected chi connectivity index (χ0v) is 9.98. The minimum Gasteiger partial charge on any atom is -0.492 e. The summed E-state index contributed by atoms with van der Waals surface area (Å²) in [6, 6.07) is 0. The van der Waals surface area contributed by atoms with Crippen LogP contribution in [0, 0.1) is 0 Å². The predicted octanol–water partition coefficient (Wildman–Crippen LogP) is -1.05. The molecule has 8 nitrogen and oxygen atoms in total. The smallest absolute Gasteiger partial charge is 0.239 e. The van der Waals surface area contributed by atoms with Crippen molar-refractivity contribution in [3.8, 4) is 5.88 Å². The Bertz CT molecular complexity index is 595. The molecule has 0 bridgehead atoms. The molecule has 0 amide bonds. The highest BCUT2D eigenvalue weighted by Gasteiger charge is 2.12. The lowest BCUT2D eigenvalue weighted by atomic mass is 10.2. The van der Waals surface area contributed by atoms with Gasteiger partial charge in [0.2, 0.25) is 5.88 Å². The van der Waals surface area contributed by atoms with Crippen molar-refractivity contribution < 1.29 is 20.4 Å². The van der Waals surface area contributed by atoms with Gasteiger partial charge in [-0.3, -0.25) is 4.99 Å². The maximum atomic E-state index is 9.50. The van der Waals surface area contributed by atoms with Crippen LogP contribution in [0.1, 0.15) is 5.56 Å². The number of aliphatic imine (C=N–C) groups is 1. The zero-order chi connectivity index (χ0) is 13.8. The van der Waals surface area contributed by atoms with Gasteiger partial charge in [0.1, 0.15) is 23.5 Å². The fourth-order valence-corrected chi connectivity index (χ4v) is 1.65. The van der Waals surface area contributed by atoms with Crippen LogP contribution in [0.2, 0.25) is 0 Å². The second-order valence-corrected chi connectivity index (χ2v) is 3.90. The number of aromatic hydroxyl groups is 1. The van der Waals surface area contributed by atoms with E-state index in [1.807, 2.05) is 0 Å². The predicted molar refractivity (Wildman–Crippen MR) is 66.9 cm³/mol. The summed E-state index contributed by atoms with van der Waals surface area (Å²) in [5, 5.41) is 36.7. The number of aromatic nitrogens is 3. The Hall–Kier alpha value is -2.03. The third kappa shape index (κ3) is 2.70. The lowest BCUT2D eigenvalue weighted by molar-refractivity contribution is 0.139. The molecule has 0 saturated carbocycles. The van der Waals surface area contributed by atoms with Gasteiger partial charge < -0.3 is 25.4 Å². The third-order valence-electron chi connectivity index (χ3n) is 2.69. The molecule has 102 valence electrons. The second-order valence-electron chi connectivity index (χ2n) is 3.90. The standard InChI is InChI=1S/C11H14N4O4/c16-3-7(8(18)4-17)12-1-6-2-13-10-9(6)14-5-15-11(10)19/h2,5,8,13,16-18H,1,3-4H2,(H,14,15,19)/b12-7+/t8-/m1/s1. The lowest BCUT2D eigenvalue weighted by Crippen LogP contribution is -2.27. The van der Waals surface area contributed by atoms with Gasteiger partial charge in [-0.2, -0.15) is 0 Å². The monoisotopic (exact) mass is 266 g/mol. The van der Waals surface area contributed by atoms with Crippen molar-refractivity contribution in [2.75, 3.05) is 13.2 Å². The number of hydrogen-bond acceptors (Lipinski definition) is 7. The number of nitrogens with one attached hydrogen (secondary N) is 1. The number of nitrogens with zero attached hydrogens (tertiary/aromatic N) is 3. The molecule has 8 heteroatoms. The molecule has 1 atom stereocenters. The van der Waals surface area contributed by atoms with Crippen LogP contribution in [0.25, 0.3) is 11.0 Å². The number of H-pyrrole nitrogens is 1. The Kier molecular flexibility index (Phi) is 4.05. The zero-order valence-electron chi connectivity index (χ0n) is 9.98. The van der Waals surface area contributed by atoms with E-state index in [1.165, 1.54) is 6.33 Å². The summed E-state index contributed by atoms with van der Waals surface area (Å²) < 4.78 is 0. The molecule has 2 rings (SSSR count). The minimum atomic E-state index is -1.18. The van der Waals surface area contributed by atoms with Gasteiger partial charge in [-0.15, -0.1) is 0 Å². The van der Waals surface area contributed by atoms with Gasteiger partial charge in [-0.05, 0) is 0 Å². The van der Waals surface area contributed by atoms with Crippen molar-refractivity contribution in [1.82, 2.24) is 15.0 Å². The highest BCUT2D eigenvalue weighted by molar-refractivity contribution is 5.90. The van der Waals surface area contributed by atoms with Crippen LogP contribution in [0.4, 0.5) is 0 Å². The first-order valence-electron chi connectivity index (χ1n) is 5.60. The molecule has 2 heterocycles. The fraction of sp³-hybridized carbons (Fsp3) is 0.364. The summed E-state index contributed by atoms with van der Waals surface area (Å²) in [6.45, 7) is -0.788. The molecule has 19 heavy (non-hydrogen) atoms. The highest BCUT2D eigenvalue weighted by Crippen LogP contribution is 2.22. The number of aliphatic hydroxyl groups excluding tert-OH is 3. The second kappa shape index (κ2) is 5.74. The van der Waals surface area contributed by atoms with E-state index in [1.54, 1.807) is 6.20 Å². The quantitative estimate of drug-likeness (QED) is 0.438. The number of aliphatic hydroxyl groups is 3. The molecule has 0 aliphatic carbocycles. The Morgan fingerprint density at radius 2 is 2.16 bits per heavy atom. The van der Waals surface area contributed by atoms with E-state index < -0.39 is 19.3 Å².